The minimum Gasteiger partial charge on any atom is -0.380 e. The fourth-order valence-corrected chi connectivity index (χ4v) is 5.87. The van der Waals surface area contributed by atoms with Gasteiger partial charge in [0.15, 0.2) is 5.13 Å². The Balaban J connectivity index is 1.43. The standard InChI is InChI=1S/C22H20FN3O3S2/c1-28-12-14-19-15(23)3-2-4-17(19)30-20(14)21(27)24-13-5-6-16-18(11-13)31-22(25-16)26-7-9-29-10-8-26/h2-6,11H,7-10,12H2,1H3,(H,24,27). The number of rotatable bonds is 5. The van der Waals surface area contributed by atoms with Crippen LogP contribution in [-0.2, 0) is 16.1 Å². The van der Waals surface area contributed by atoms with Crippen LogP contribution in [0.5, 0.6) is 0 Å². The number of fused-ring (bicyclic) bond motifs is 2. The van der Waals surface area contributed by atoms with Crippen molar-refractivity contribution in [2.24, 2.45) is 0 Å². The van der Waals surface area contributed by atoms with Crippen molar-refractivity contribution in [3.8, 4) is 0 Å². The first-order valence-corrected chi connectivity index (χ1v) is 11.5. The van der Waals surface area contributed by atoms with Crippen molar-refractivity contribution < 1.29 is 18.7 Å². The van der Waals surface area contributed by atoms with Crippen molar-refractivity contribution in [1.82, 2.24) is 4.98 Å². The summed E-state index contributed by atoms with van der Waals surface area (Å²) in [6.45, 7) is 3.23. The van der Waals surface area contributed by atoms with Crippen LogP contribution in [0.1, 0.15) is 15.2 Å². The van der Waals surface area contributed by atoms with Crippen molar-refractivity contribution in [1.29, 1.82) is 0 Å². The zero-order chi connectivity index (χ0) is 21.4. The molecule has 1 amide bonds. The lowest BCUT2D eigenvalue weighted by Gasteiger charge is -2.25. The highest BCUT2D eigenvalue weighted by molar-refractivity contribution is 7.22. The average molecular weight is 458 g/mol. The van der Waals surface area contributed by atoms with E-state index in [9.17, 15) is 9.18 Å². The van der Waals surface area contributed by atoms with Crippen LogP contribution in [0.3, 0.4) is 0 Å². The Morgan fingerprint density at radius 3 is 2.87 bits per heavy atom. The Morgan fingerprint density at radius 2 is 2.06 bits per heavy atom. The van der Waals surface area contributed by atoms with Gasteiger partial charge in [0, 0.05) is 41.5 Å². The molecule has 1 aliphatic rings. The van der Waals surface area contributed by atoms with Crippen molar-refractivity contribution in [3.05, 3.63) is 52.7 Å². The predicted molar refractivity (Wildman–Crippen MR) is 123 cm³/mol. The number of benzene rings is 2. The molecule has 6 nitrogen and oxygen atoms in total. The van der Waals surface area contributed by atoms with Crippen LogP contribution in [0.2, 0.25) is 0 Å². The van der Waals surface area contributed by atoms with Crippen molar-refractivity contribution in [3.63, 3.8) is 0 Å². The molecule has 0 aliphatic carbocycles. The lowest BCUT2D eigenvalue weighted by Crippen LogP contribution is -2.36. The summed E-state index contributed by atoms with van der Waals surface area (Å²) in [4.78, 5) is 20.5. The Hall–Kier alpha value is -2.59. The summed E-state index contributed by atoms with van der Waals surface area (Å²) in [6.07, 6.45) is 0. The van der Waals surface area contributed by atoms with Crippen LogP contribution in [0.25, 0.3) is 20.3 Å². The topological polar surface area (TPSA) is 63.7 Å². The third-order valence-corrected chi connectivity index (χ3v) is 7.45. The van der Waals surface area contributed by atoms with Gasteiger partial charge >= 0.3 is 0 Å². The molecule has 3 heterocycles. The van der Waals surface area contributed by atoms with E-state index in [2.05, 4.69) is 10.2 Å². The van der Waals surface area contributed by atoms with Gasteiger partial charge in [-0.25, -0.2) is 9.37 Å². The maximum atomic E-state index is 14.4. The lowest BCUT2D eigenvalue weighted by atomic mass is 10.1. The zero-order valence-electron chi connectivity index (χ0n) is 16.8. The summed E-state index contributed by atoms with van der Waals surface area (Å²) in [5.74, 6) is -0.619. The molecule has 31 heavy (non-hydrogen) atoms. The molecule has 1 aliphatic heterocycles. The maximum absolute atomic E-state index is 14.4. The summed E-state index contributed by atoms with van der Waals surface area (Å²) in [7, 11) is 1.54. The molecule has 2 aromatic carbocycles. The molecule has 1 fully saturated rings. The highest BCUT2D eigenvalue weighted by Crippen LogP contribution is 2.35. The Morgan fingerprint density at radius 1 is 1.23 bits per heavy atom. The number of amides is 1. The molecule has 0 spiro atoms. The van der Waals surface area contributed by atoms with Crippen molar-refractivity contribution in [2.75, 3.05) is 43.6 Å². The normalized spacial score (nSPS) is 14.5. The summed E-state index contributed by atoms with van der Waals surface area (Å²) in [5, 5.41) is 4.37. The molecule has 0 atom stereocenters. The van der Waals surface area contributed by atoms with Crippen LogP contribution in [-0.4, -0.2) is 44.3 Å². The number of halogens is 1. The maximum Gasteiger partial charge on any atom is 0.266 e. The highest BCUT2D eigenvalue weighted by Gasteiger charge is 2.21. The van der Waals surface area contributed by atoms with Gasteiger partial charge in [-0.1, -0.05) is 17.4 Å². The number of anilines is 2. The van der Waals surface area contributed by atoms with Crippen molar-refractivity contribution >= 4 is 59.7 Å². The monoisotopic (exact) mass is 457 g/mol. The molecule has 2 aromatic heterocycles. The number of thiazole rings is 1. The number of ether oxygens (including phenoxy) is 2. The van der Waals surface area contributed by atoms with Gasteiger partial charge in [-0.2, -0.15) is 0 Å². The predicted octanol–water partition coefficient (Wildman–Crippen LogP) is 4.89. The number of morpholine rings is 1. The van der Waals surface area contributed by atoms with Gasteiger partial charge in [-0.3, -0.25) is 4.79 Å². The van der Waals surface area contributed by atoms with E-state index in [0.717, 1.165) is 33.1 Å². The van der Waals surface area contributed by atoms with Crippen LogP contribution in [0.15, 0.2) is 36.4 Å². The van der Waals surface area contributed by atoms with Gasteiger partial charge in [-0.05, 0) is 30.3 Å². The Kier molecular flexibility index (Phi) is 5.58. The third kappa shape index (κ3) is 3.89. The molecule has 9 heteroatoms. The molecule has 1 N–H and O–H groups in total. The zero-order valence-corrected chi connectivity index (χ0v) is 18.4. The van der Waals surface area contributed by atoms with Gasteiger partial charge in [-0.15, -0.1) is 11.3 Å². The van der Waals surface area contributed by atoms with Crippen LogP contribution < -0.4 is 10.2 Å². The smallest absolute Gasteiger partial charge is 0.266 e. The van der Waals surface area contributed by atoms with Gasteiger partial charge in [0.1, 0.15) is 5.82 Å². The second-order valence-corrected chi connectivity index (χ2v) is 9.25. The van der Waals surface area contributed by atoms with Crippen LogP contribution >= 0.6 is 22.7 Å². The van der Waals surface area contributed by atoms with Gasteiger partial charge in [0.25, 0.3) is 5.91 Å². The number of carbonyl (C=O) groups excluding carboxylic acids is 1. The SMILES string of the molecule is COCc1c(C(=O)Nc2ccc3nc(N4CCOCC4)sc3c2)sc2cccc(F)c12. The van der Waals surface area contributed by atoms with Gasteiger partial charge < -0.3 is 19.7 Å². The second-order valence-electron chi connectivity index (χ2n) is 7.19. The first-order chi connectivity index (χ1) is 15.1. The molecular formula is C22H20FN3O3S2. The van der Waals surface area contributed by atoms with Gasteiger partial charge in [0.05, 0.1) is 34.9 Å². The van der Waals surface area contributed by atoms with E-state index >= 15 is 0 Å². The van der Waals surface area contributed by atoms with E-state index < -0.39 is 0 Å². The number of hydrogen-bond donors (Lipinski definition) is 1. The number of carbonyl (C=O) groups is 1. The van der Waals surface area contributed by atoms with E-state index in [1.807, 2.05) is 24.3 Å². The first kappa shape index (κ1) is 20.3. The number of hydrogen-bond acceptors (Lipinski definition) is 7. The number of nitrogens with zero attached hydrogens (tertiary/aromatic N) is 2. The summed E-state index contributed by atoms with van der Waals surface area (Å²) < 4.78 is 26.8. The molecule has 1 saturated heterocycles. The molecule has 0 saturated carbocycles. The molecule has 0 bridgehead atoms. The molecular weight excluding hydrogens is 437 g/mol. The van der Waals surface area contributed by atoms with Crippen molar-refractivity contribution in [2.45, 2.75) is 6.61 Å². The average Bonchev–Trinajstić information content (AvgIpc) is 3.37. The van der Waals surface area contributed by atoms with Crippen LogP contribution in [0, 0.1) is 5.82 Å². The number of methoxy groups -OCH3 is 1. The molecule has 160 valence electrons. The Bertz CT molecular complexity index is 1260. The van der Waals surface area contributed by atoms with E-state index in [1.165, 1.54) is 24.5 Å². The second kappa shape index (κ2) is 8.51. The number of aromatic nitrogens is 1. The van der Waals surface area contributed by atoms with E-state index in [4.69, 9.17) is 14.5 Å². The molecule has 0 radical (unpaired) electrons. The van der Waals surface area contributed by atoms with Crippen LogP contribution in [0.4, 0.5) is 15.2 Å². The summed E-state index contributed by atoms with van der Waals surface area (Å²) >= 11 is 2.87. The van der Waals surface area contributed by atoms with E-state index in [0.29, 0.717) is 34.7 Å². The quantitative estimate of drug-likeness (QED) is 0.463. The highest BCUT2D eigenvalue weighted by atomic mass is 32.1. The largest absolute Gasteiger partial charge is 0.380 e. The number of thiophene rings is 1. The van der Waals surface area contributed by atoms with Gasteiger partial charge in [0.2, 0.25) is 0 Å². The molecule has 4 aromatic rings. The molecule has 0 unspecified atom stereocenters. The summed E-state index contributed by atoms with van der Waals surface area (Å²) in [5.41, 5.74) is 2.15. The lowest BCUT2D eigenvalue weighted by molar-refractivity contribution is 0.102. The van der Waals surface area contributed by atoms with E-state index in [1.54, 1.807) is 17.4 Å². The Labute approximate surface area is 186 Å². The fraction of sp³-hybridized carbons (Fsp3) is 0.273. The first-order valence-electron chi connectivity index (χ1n) is 9.87. The molecule has 5 rings (SSSR count). The summed E-state index contributed by atoms with van der Waals surface area (Å²) in [6, 6.07) is 10.5. The third-order valence-electron chi connectivity index (χ3n) is 5.17. The fourth-order valence-electron chi connectivity index (χ4n) is 3.70. The minimum atomic E-state index is -0.346. The minimum absolute atomic E-state index is 0.167. The number of nitrogens with one attached hydrogen (secondary N) is 1. The van der Waals surface area contributed by atoms with E-state index in [-0.39, 0.29) is 18.3 Å².